The van der Waals surface area contributed by atoms with E-state index >= 15 is 0 Å². The standard InChI is InChI=1S/C10H16O2S/c1-8-3-4-10(12-8)7-13-9(2)5-6-11/h3-4,9,11H,5-7H2,1-2H3. The average molecular weight is 200 g/mol. The third kappa shape index (κ3) is 3.87. The van der Waals surface area contributed by atoms with Crippen LogP contribution in [0.3, 0.4) is 0 Å². The van der Waals surface area contributed by atoms with Crippen LogP contribution in [0.2, 0.25) is 0 Å². The number of hydrogen-bond acceptors (Lipinski definition) is 3. The van der Waals surface area contributed by atoms with E-state index in [0.29, 0.717) is 5.25 Å². The van der Waals surface area contributed by atoms with Crippen molar-refractivity contribution in [2.75, 3.05) is 6.61 Å². The highest BCUT2D eigenvalue weighted by atomic mass is 32.2. The van der Waals surface area contributed by atoms with Crippen molar-refractivity contribution in [2.45, 2.75) is 31.3 Å². The largest absolute Gasteiger partial charge is 0.466 e. The molecular weight excluding hydrogens is 184 g/mol. The first-order valence-electron chi connectivity index (χ1n) is 4.50. The molecule has 1 rings (SSSR count). The molecule has 0 spiro atoms. The fraction of sp³-hybridized carbons (Fsp3) is 0.600. The van der Waals surface area contributed by atoms with Crippen LogP contribution in [0.5, 0.6) is 0 Å². The van der Waals surface area contributed by atoms with E-state index in [1.165, 1.54) is 0 Å². The number of hydrogen-bond donors (Lipinski definition) is 1. The van der Waals surface area contributed by atoms with Crippen molar-refractivity contribution in [2.24, 2.45) is 0 Å². The van der Waals surface area contributed by atoms with Crippen LogP contribution >= 0.6 is 11.8 Å². The summed E-state index contributed by atoms with van der Waals surface area (Å²) in [6.45, 7) is 4.34. The Kier molecular flexibility index (Phi) is 4.39. The van der Waals surface area contributed by atoms with E-state index in [1.54, 1.807) is 0 Å². The van der Waals surface area contributed by atoms with Crippen LogP contribution in [0, 0.1) is 6.92 Å². The minimum absolute atomic E-state index is 0.269. The lowest BCUT2D eigenvalue weighted by atomic mass is 10.3. The van der Waals surface area contributed by atoms with Gasteiger partial charge in [-0.25, -0.2) is 0 Å². The maximum Gasteiger partial charge on any atom is 0.114 e. The monoisotopic (exact) mass is 200 g/mol. The highest BCUT2D eigenvalue weighted by molar-refractivity contribution is 7.99. The summed E-state index contributed by atoms with van der Waals surface area (Å²) in [5.41, 5.74) is 0. The molecule has 0 aliphatic heterocycles. The first kappa shape index (κ1) is 10.7. The molecule has 1 heterocycles. The van der Waals surface area contributed by atoms with Gasteiger partial charge in [0, 0.05) is 11.9 Å². The van der Waals surface area contributed by atoms with Crippen LogP contribution in [0.4, 0.5) is 0 Å². The Labute approximate surface area is 83.3 Å². The Morgan fingerprint density at radius 2 is 2.31 bits per heavy atom. The molecule has 0 aliphatic rings. The lowest BCUT2D eigenvalue weighted by Gasteiger charge is -2.06. The van der Waals surface area contributed by atoms with E-state index in [4.69, 9.17) is 9.52 Å². The minimum Gasteiger partial charge on any atom is -0.466 e. The van der Waals surface area contributed by atoms with Gasteiger partial charge >= 0.3 is 0 Å². The molecule has 13 heavy (non-hydrogen) atoms. The molecule has 0 saturated carbocycles. The SMILES string of the molecule is Cc1ccc(CSC(C)CCO)o1. The molecular formula is C10H16O2S. The summed E-state index contributed by atoms with van der Waals surface area (Å²) in [5.74, 6) is 2.88. The Morgan fingerprint density at radius 3 is 2.85 bits per heavy atom. The summed E-state index contributed by atoms with van der Waals surface area (Å²) in [4.78, 5) is 0. The molecule has 1 aromatic heterocycles. The molecule has 0 amide bonds. The zero-order chi connectivity index (χ0) is 9.68. The number of aliphatic hydroxyl groups excluding tert-OH is 1. The van der Waals surface area contributed by atoms with Crippen molar-refractivity contribution >= 4 is 11.8 Å². The summed E-state index contributed by atoms with van der Waals surface area (Å²) in [6.07, 6.45) is 0.852. The quantitative estimate of drug-likeness (QED) is 0.793. The maximum atomic E-state index is 8.70. The Bertz CT molecular complexity index is 245. The number of thioether (sulfide) groups is 1. The third-order valence-corrected chi connectivity index (χ3v) is 3.10. The van der Waals surface area contributed by atoms with Gasteiger partial charge in [-0.15, -0.1) is 0 Å². The van der Waals surface area contributed by atoms with Crippen molar-refractivity contribution < 1.29 is 9.52 Å². The van der Waals surface area contributed by atoms with Gasteiger partial charge in [-0.3, -0.25) is 0 Å². The molecule has 0 saturated heterocycles. The molecule has 1 unspecified atom stereocenters. The van der Waals surface area contributed by atoms with Gasteiger partial charge in [0.2, 0.25) is 0 Å². The molecule has 0 aliphatic carbocycles. The zero-order valence-corrected chi connectivity index (χ0v) is 8.93. The van der Waals surface area contributed by atoms with Gasteiger partial charge in [0.05, 0.1) is 5.75 Å². The lowest BCUT2D eigenvalue weighted by Crippen LogP contribution is -1.99. The van der Waals surface area contributed by atoms with Crippen molar-refractivity contribution in [3.8, 4) is 0 Å². The molecule has 2 nitrogen and oxygen atoms in total. The average Bonchev–Trinajstić information content (AvgIpc) is 2.49. The van der Waals surface area contributed by atoms with Gasteiger partial charge in [-0.2, -0.15) is 11.8 Å². The molecule has 1 aromatic rings. The molecule has 1 N–H and O–H groups in total. The van der Waals surface area contributed by atoms with E-state index in [-0.39, 0.29) is 6.61 Å². The zero-order valence-electron chi connectivity index (χ0n) is 8.12. The van der Waals surface area contributed by atoms with Gasteiger partial charge in [-0.1, -0.05) is 6.92 Å². The van der Waals surface area contributed by atoms with Crippen molar-refractivity contribution in [1.82, 2.24) is 0 Å². The van der Waals surface area contributed by atoms with Gasteiger partial charge in [0.25, 0.3) is 0 Å². The maximum absolute atomic E-state index is 8.70. The van der Waals surface area contributed by atoms with Gasteiger partial charge in [-0.05, 0) is 25.5 Å². The Balaban J connectivity index is 2.26. The minimum atomic E-state index is 0.269. The lowest BCUT2D eigenvalue weighted by molar-refractivity contribution is 0.289. The second-order valence-corrected chi connectivity index (χ2v) is 4.57. The molecule has 0 bridgehead atoms. The summed E-state index contributed by atoms with van der Waals surface area (Å²) in [7, 11) is 0. The molecule has 0 radical (unpaired) electrons. The van der Waals surface area contributed by atoms with Gasteiger partial charge in [0.15, 0.2) is 0 Å². The fourth-order valence-corrected chi connectivity index (χ4v) is 1.93. The summed E-state index contributed by atoms with van der Waals surface area (Å²) in [5, 5.41) is 9.20. The van der Waals surface area contributed by atoms with Crippen molar-refractivity contribution in [1.29, 1.82) is 0 Å². The summed E-state index contributed by atoms with van der Waals surface area (Å²) >= 11 is 1.81. The van der Waals surface area contributed by atoms with E-state index in [9.17, 15) is 0 Å². The van der Waals surface area contributed by atoms with E-state index in [1.807, 2.05) is 30.8 Å². The van der Waals surface area contributed by atoms with Crippen LogP contribution in [0.1, 0.15) is 24.9 Å². The molecule has 1 atom stereocenters. The van der Waals surface area contributed by atoms with Crippen LogP contribution in [0.25, 0.3) is 0 Å². The van der Waals surface area contributed by atoms with Gasteiger partial charge in [0.1, 0.15) is 11.5 Å². The second kappa shape index (κ2) is 5.35. The second-order valence-electron chi connectivity index (χ2n) is 3.15. The van der Waals surface area contributed by atoms with Crippen LogP contribution in [0.15, 0.2) is 16.5 Å². The van der Waals surface area contributed by atoms with Crippen LogP contribution in [-0.4, -0.2) is 17.0 Å². The first-order valence-corrected chi connectivity index (χ1v) is 5.55. The smallest absolute Gasteiger partial charge is 0.114 e. The van der Waals surface area contributed by atoms with E-state index in [2.05, 4.69) is 6.92 Å². The van der Waals surface area contributed by atoms with Crippen LogP contribution < -0.4 is 0 Å². The highest BCUT2D eigenvalue weighted by Crippen LogP contribution is 2.20. The van der Waals surface area contributed by atoms with E-state index in [0.717, 1.165) is 23.7 Å². The van der Waals surface area contributed by atoms with Gasteiger partial charge < -0.3 is 9.52 Å². The molecule has 0 aromatic carbocycles. The Hall–Kier alpha value is -0.410. The topological polar surface area (TPSA) is 33.4 Å². The van der Waals surface area contributed by atoms with Crippen molar-refractivity contribution in [3.05, 3.63) is 23.7 Å². The number of furan rings is 1. The summed E-state index contributed by atoms with van der Waals surface area (Å²) in [6, 6.07) is 3.99. The first-order chi connectivity index (χ1) is 6.22. The fourth-order valence-electron chi connectivity index (χ4n) is 1.05. The molecule has 0 fully saturated rings. The Morgan fingerprint density at radius 1 is 1.54 bits per heavy atom. The highest BCUT2D eigenvalue weighted by Gasteiger charge is 2.04. The molecule has 74 valence electrons. The number of rotatable bonds is 5. The third-order valence-electron chi connectivity index (χ3n) is 1.84. The number of aryl methyl sites for hydroxylation is 1. The number of aliphatic hydroxyl groups is 1. The van der Waals surface area contributed by atoms with E-state index < -0.39 is 0 Å². The normalized spacial score (nSPS) is 13.2. The van der Waals surface area contributed by atoms with Crippen LogP contribution in [-0.2, 0) is 5.75 Å². The van der Waals surface area contributed by atoms with Crippen molar-refractivity contribution in [3.63, 3.8) is 0 Å². The summed E-state index contributed by atoms with van der Waals surface area (Å²) < 4.78 is 5.43. The molecule has 3 heteroatoms. The predicted octanol–water partition coefficient (Wildman–Crippen LogP) is 2.59. The predicted molar refractivity (Wildman–Crippen MR) is 55.9 cm³/mol.